The lowest BCUT2D eigenvalue weighted by atomic mass is 10.3. The predicted octanol–water partition coefficient (Wildman–Crippen LogP) is 2.48. The summed E-state index contributed by atoms with van der Waals surface area (Å²) >= 11 is 0. The molecule has 0 aliphatic rings. The van der Waals surface area contributed by atoms with E-state index in [4.69, 9.17) is 9.47 Å². The van der Waals surface area contributed by atoms with E-state index in [1.165, 1.54) is 0 Å². The van der Waals surface area contributed by atoms with Crippen LogP contribution in [0.3, 0.4) is 0 Å². The lowest BCUT2D eigenvalue weighted by Gasteiger charge is -2.07. The minimum Gasteiger partial charge on any atom is -0.486 e. The number of H-pyrrole nitrogens is 1. The first-order valence-electron chi connectivity index (χ1n) is 5.95. The number of aromatic nitrogens is 3. The van der Waals surface area contributed by atoms with Gasteiger partial charge in [-0.05, 0) is 18.6 Å². The number of para-hydroxylation sites is 1. The first-order valence-corrected chi connectivity index (χ1v) is 5.95. The third kappa shape index (κ3) is 3.07. The van der Waals surface area contributed by atoms with Crippen LogP contribution in [0.25, 0.3) is 0 Å². The molecule has 18 heavy (non-hydrogen) atoms. The second-order valence-electron chi connectivity index (χ2n) is 3.87. The third-order valence-corrected chi connectivity index (χ3v) is 2.61. The number of rotatable bonds is 6. The van der Waals surface area contributed by atoms with Crippen LogP contribution in [-0.4, -0.2) is 22.3 Å². The fourth-order valence-corrected chi connectivity index (χ4v) is 1.64. The van der Waals surface area contributed by atoms with Crippen LogP contribution in [0.15, 0.2) is 30.3 Å². The first-order chi connectivity index (χ1) is 8.83. The number of nitrogens with zero attached hydrogens (tertiary/aromatic N) is 2. The van der Waals surface area contributed by atoms with E-state index in [1.807, 2.05) is 37.3 Å². The van der Waals surface area contributed by atoms with Gasteiger partial charge in [0, 0.05) is 7.11 Å². The highest BCUT2D eigenvalue weighted by Crippen LogP contribution is 2.16. The van der Waals surface area contributed by atoms with E-state index < -0.39 is 0 Å². The molecule has 0 aliphatic carbocycles. The molecule has 1 unspecified atom stereocenters. The monoisotopic (exact) mass is 247 g/mol. The van der Waals surface area contributed by atoms with E-state index >= 15 is 0 Å². The van der Waals surface area contributed by atoms with Crippen LogP contribution < -0.4 is 4.74 Å². The molecule has 0 bridgehead atoms. The molecule has 0 aliphatic heterocycles. The highest BCUT2D eigenvalue weighted by molar-refractivity contribution is 5.20. The fourth-order valence-electron chi connectivity index (χ4n) is 1.64. The van der Waals surface area contributed by atoms with Crippen molar-refractivity contribution < 1.29 is 9.47 Å². The van der Waals surface area contributed by atoms with Crippen LogP contribution >= 0.6 is 0 Å². The molecule has 1 atom stereocenters. The van der Waals surface area contributed by atoms with Crippen molar-refractivity contribution in [3.63, 3.8) is 0 Å². The zero-order valence-corrected chi connectivity index (χ0v) is 10.6. The molecule has 0 amide bonds. The number of methoxy groups -OCH3 is 1. The lowest BCUT2D eigenvalue weighted by molar-refractivity contribution is 0.0928. The molecule has 2 aromatic rings. The number of hydrogen-bond acceptors (Lipinski definition) is 4. The summed E-state index contributed by atoms with van der Waals surface area (Å²) in [5, 5.41) is 6.99. The Labute approximate surface area is 106 Å². The average Bonchev–Trinajstić information content (AvgIpc) is 2.88. The topological polar surface area (TPSA) is 60.0 Å². The van der Waals surface area contributed by atoms with Crippen molar-refractivity contribution in [1.82, 2.24) is 15.2 Å². The molecule has 0 saturated heterocycles. The van der Waals surface area contributed by atoms with Gasteiger partial charge in [-0.3, -0.25) is 5.10 Å². The van der Waals surface area contributed by atoms with Crippen LogP contribution in [0.2, 0.25) is 0 Å². The molecule has 5 nitrogen and oxygen atoms in total. The molecule has 96 valence electrons. The van der Waals surface area contributed by atoms with Crippen LogP contribution in [0.1, 0.15) is 31.1 Å². The smallest absolute Gasteiger partial charge is 0.179 e. The first kappa shape index (κ1) is 12.6. The van der Waals surface area contributed by atoms with E-state index in [2.05, 4.69) is 15.2 Å². The minimum absolute atomic E-state index is 0.0632. The van der Waals surface area contributed by atoms with Crippen molar-refractivity contribution in [2.45, 2.75) is 26.1 Å². The molecule has 1 heterocycles. The van der Waals surface area contributed by atoms with Gasteiger partial charge in [0.05, 0.1) is 0 Å². The minimum atomic E-state index is -0.0632. The molecule has 1 aromatic heterocycles. The molecular weight excluding hydrogens is 230 g/mol. The zero-order chi connectivity index (χ0) is 12.8. The van der Waals surface area contributed by atoms with Gasteiger partial charge in [-0.2, -0.15) is 5.10 Å². The van der Waals surface area contributed by atoms with Gasteiger partial charge in [0.25, 0.3) is 0 Å². The summed E-state index contributed by atoms with van der Waals surface area (Å²) in [6, 6.07) is 9.62. The Hall–Kier alpha value is -1.88. The van der Waals surface area contributed by atoms with Crippen LogP contribution in [-0.2, 0) is 11.3 Å². The molecule has 1 N–H and O–H groups in total. The zero-order valence-electron chi connectivity index (χ0n) is 10.6. The Morgan fingerprint density at radius 1 is 1.28 bits per heavy atom. The number of ether oxygens (including phenoxy) is 2. The van der Waals surface area contributed by atoms with Crippen LogP contribution in [0.5, 0.6) is 5.75 Å². The van der Waals surface area contributed by atoms with Crippen molar-refractivity contribution in [3.8, 4) is 5.75 Å². The van der Waals surface area contributed by atoms with Crippen LogP contribution in [0.4, 0.5) is 0 Å². The summed E-state index contributed by atoms with van der Waals surface area (Å²) in [6.07, 6.45) is 0.777. The number of benzene rings is 1. The quantitative estimate of drug-likeness (QED) is 0.852. The summed E-state index contributed by atoms with van der Waals surface area (Å²) in [6.45, 7) is 2.40. The lowest BCUT2D eigenvalue weighted by Crippen LogP contribution is -2.02. The molecule has 0 saturated carbocycles. The Morgan fingerprint density at radius 2 is 2.06 bits per heavy atom. The predicted molar refractivity (Wildman–Crippen MR) is 67.2 cm³/mol. The molecular formula is C13H17N3O2. The van der Waals surface area contributed by atoms with Gasteiger partial charge >= 0.3 is 0 Å². The summed E-state index contributed by atoms with van der Waals surface area (Å²) < 4.78 is 10.9. The maximum Gasteiger partial charge on any atom is 0.179 e. The maximum atomic E-state index is 5.58. The molecule has 5 heteroatoms. The maximum absolute atomic E-state index is 5.58. The van der Waals surface area contributed by atoms with Gasteiger partial charge in [0.15, 0.2) is 11.6 Å². The van der Waals surface area contributed by atoms with Crippen LogP contribution in [0, 0.1) is 0 Å². The molecule has 1 aromatic carbocycles. The average molecular weight is 247 g/mol. The van der Waals surface area contributed by atoms with E-state index in [1.54, 1.807) is 7.11 Å². The van der Waals surface area contributed by atoms with Gasteiger partial charge < -0.3 is 9.47 Å². The number of hydrogen-bond donors (Lipinski definition) is 1. The SMILES string of the molecule is CCC(OC)c1n[nH]c(COc2ccccc2)n1. The second kappa shape index (κ2) is 6.16. The molecule has 0 spiro atoms. The van der Waals surface area contributed by atoms with Gasteiger partial charge in [-0.15, -0.1) is 0 Å². The third-order valence-electron chi connectivity index (χ3n) is 2.61. The van der Waals surface area contributed by atoms with Crippen molar-refractivity contribution in [3.05, 3.63) is 42.0 Å². The Morgan fingerprint density at radius 3 is 2.72 bits per heavy atom. The Kier molecular flexibility index (Phi) is 4.30. The van der Waals surface area contributed by atoms with Crippen molar-refractivity contribution in [2.75, 3.05) is 7.11 Å². The van der Waals surface area contributed by atoms with Gasteiger partial charge in [-0.1, -0.05) is 25.1 Å². The number of nitrogens with one attached hydrogen (secondary N) is 1. The van der Waals surface area contributed by atoms with Gasteiger partial charge in [-0.25, -0.2) is 4.98 Å². The van der Waals surface area contributed by atoms with Gasteiger partial charge in [0.2, 0.25) is 0 Å². The molecule has 0 fully saturated rings. The van der Waals surface area contributed by atoms with Gasteiger partial charge in [0.1, 0.15) is 18.5 Å². The number of aromatic amines is 1. The van der Waals surface area contributed by atoms with Crippen molar-refractivity contribution in [2.24, 2.45) is 0 Å². The Balaban J connectivity index is 1.95. The Bertz CT molecular complexity index is 466. The largest absolute Gasteiger partial charge is 0.486 e. The highest BCUT2D eigenvalue weighted by atomic mass is 16.5. The normalized spacial score (nSPS) is 12.3. The highest BCUT2D eigenvalue weighted by Gasteiger charge is 2.13. The van der Waals surface area contributed by atoms with E-state index in [-0.39, 0.29) is 6.10 Å². The molecule has 0 radical (unpaired) electrons. The van der Waals surface area contributed by atoms with E-state index in [9.17, 15) is 0 Å². The van der Waals surface area contributed by atoms with Crippen molar-refractivity contribution >= 4 is 0 Å². The fraction of sp³-hybridized carbons (Fsp3) is 0.385. The summed E-state index contributed by atoms with van der Waals surface area (Å²) in [4.78, 5) is 4.35. The van der Waals surface area contributed by atoms with Crippen molar-refractivity contribution in [1.29, 1.82) is 0 Å². The standard InChI is InChI=1S/C13H17N3O2/c1-3-11(17-2)13-14-12(15-16-13)9-18-10-7-5-4-6-8-10/h4-8,11H,3,9H2,1-2H3,(H,14,15,16). The summed E-state index contributed by atoms with van der Waals surface area (Å²) in [5.41, 5.74) is 0. The van der Waals surface area contributed by atoms with E-state index in [0.29, 0.717) is 18.3 Å². The van der Waals surface area contributed by atoms with E-state index in [0.717, 1.165) is 12.2 Å². The summed E-state index contributed by atoms with van der Waals surface area (Å²) in [7, 11) is 1.66. The molecule has 2 rings (SSSR count). The second-order valence-corrected chi connectivity index (χ2v) is 3.87. The summed E-state index contributed by atoms with van der Waals surface area (Å²) in [5.74, 6) is 2.19.